The zero-order chi connectivity index (χ0) is 8.32. The number of ether oxygens (including phenoxy) is 2. The summed E-state index contributed by atoms with van der Waals surface area (Å²) in [5.41, 5.74) is 0. The summed E-state index contributed by atoms with van der Waals surface area (Å²) in [5.74, 6) is -1.01. The highest BCUT2D eigenvalue weighted by Gasteiger charge is 2.40. The number of methoxy groups -OCH3 is 2. The first kappa shape index (κ1) is 8.64. The molecule has 4 heteroatoms. The van der Waals surface area contributed by atoms with E-state index >= 15 is 0 Å². The normalized spacial score (nSPS) is 23.6. The predicted molar refractivity (Wildman–Crippen MR) is 39.2 cm³/mol. The van der Waals surface area contributed by atoms with Gasteiger partial charge in [0.25, 0.3) is 0 Å². The van der Waals surface area contributed by atoms with Gasteiger partial charge in [-0.05, 0) is 0 Å². The van der Waals surface area contributed by atoms with Crippen molar-refractivity contribution in [1.82, 2.24) is 5.32 Å². The van der Waals surface area contributed by atoms with Crippen molar-refractivity contribution in [3.8, 4) is 0 Å². The second-order valence-electron chi connectivity index (χ2n) is 2.51. The smallest absolute Gasteiger partial charge is 0.230 e. The van der Waals surface area contributed by atoms with E-state index in [1.54, 1.807) is 0 Å². The summed E-state index contributed by atoms with van der Waals surface area (Å²) in [6, 6.07) is 0. The Hall–Kier alpha value is -0.450. The SMILES string of the molecule is COC1(OC)CCNCC1=O. The number of hydrogen-bond donors (Lipinski definition) is 1. The minimum atomic E-state index is -0.981. The summed E-state index contributed by atoms with van der Waals surface area (Å²) in [5, 5.41) is 2.95. The van der Waals surface area contributed by atoms with Crippen molar-refractivity contribution in [3.05, 3.63) is 0 Å². The van der Waals surface area contributed by atoms with Crippen molar-refractivity contribution < 1.29 is 14.3 Å². The highest BCUT2D eigenvalue weighted by Crippen LogP contribution is 2.19. The highest BCUT2D eigenvalue weighted by atomic mass is 16.7. The quantitative estimate of drug-likeness (QED) is 0.554. The molecule has 1 aliphatic heterocycles. The number of Topliss-reactive ketones (excluding diaryl/α,β-unsaturated/α-hetero) is 1. The molecule has 1 aliphatic rings. The van der Waals surface area contributed by atoms with E-state index in [9.17, 15) is 4.79 Å². The van der Waals surface area contributed by atoms with Crippen LogP contribution in [0, 0.1) is 0 Å². The van der Waals surface area contributed by atoms with Crippen LogP contribution in [0.5, 0.6) is 0 Å². The molecule has 11 heavy (non-hydrogen) atoms. The minimum absolute atomic E-state index is 0.0336. The Morgan fingerprint density at radius 3 is 2.45 bits per heavy atom. The third-order valence-electron chi connectivity index (χ3n) is 2.00. The summed E-state index contributed by atoms with van der Waals surface area (Å²) in [6.45, 7) is 1.09. The van der Waals surface area contributed by atoms with Gasteiger partial charge in [0.2, 0.25) is 11.6 Å². The summed E-state index contributed by atoms with van der Waals surface area (Å²) in [6.07, 6.45) is 0.582. The first-order valence-corrected chi connectivity index (χ1v) is 3.59. The molecule has 1 fully saturated rings. The van der Waals surface area contributed by atoms with Crippen LogP contribution in [0.3, 0.4) is 0 Å². The van der Waals surface area contributed by atoms with Crippen LogP contribution in [0.4, 0.5) is 0 Å². The molecule has 0 atom stereocenters. The number of rotatable bonds is 2. The van der Waals surface area contributed by atoms with E-state index < -0.39 is 5.79 Å². The minimum Gasteiger partial charge on any atom is -0.347 e. The van der Waals surface area contributed by atoms with E-state index in [0.717, 1.165) is 6.54 Å². The third kappa shape index (κ3) is 1.42. The lowest BCUT2D eigenvalue weighted by Gasteiger charge is -2.32. The molecule has 64 valence electrons. The predicted octanol–water partition coefficient (Wildman–Crippen LogP) is -0.462. The number of ketones is 1. The molecule has 1 saturated heterocycles. The Morgan fingerprint density at radius 2 is 2.09 bits per heavy atom. The fourth-order valence-corrected chi connectivity index (χ4v) is 1.24. The van der Waals surface area contributed by atoms with Crippen molar-refractivity contribution in [3.63, 3.8) is 0 Å². The van der Waals surface area contributed by atoms with Crippen LogP contribution >= 0.6 is 0 Å². The van der Waals surface area contributed by atoms with Gasteiger partial charge in [-0.3, -0.25) is 4.79 Å². The van der Waals surface area contributed by atoms with Gasteiger partial charge >= 0.3 is 0 Å². The summed E-state index contributed by atoms with van der Waals surface area (Å²) >= 11 is 0. The van der Waals surface area contributed by atoms with Gasteiger partial charge in [-0.1, -0.05) is 0 Å². The number of carbonyl (C=O) groups is 1. The van der Waals surface area contributed by atoms with E-state index in [1.807, 2.05) is 0 Å². The van der Waals surface area contributed by atoms with Crippen molar-refractivity contribution in [2.45, 2.75) is 12.2 Å². The van der Waals surface area contributed by atoms with Crippen LogP contribution in [0.1, 0.15) is 6.42 Å². The maximum Gasteiger partial charge on any atom is 0.230 e. The number of hydrogen-bond acceptors (Lipinski definition) is 4. The molecule has 0 aliphatic carbocycles. The monoisotopic (exact) mass is 159 g/mol. The highest BCUT2D eigenvalue weighted by molar-refractivity contribution is 5.88. The standard InChI is InChI=1S/C7H13NO3/c1-10-7(11-2)3-4-8-5-6(7)9/h8H,3-5H2,1-2H3. The third-order valence-corrected chi connectivity index (χ3v) is 2.00. The molecule has 1 N–H and O–H groups in total. The molecular weight excluding hydrogens is 146 g/mol. The molecule has 0 unspecified atom stereocenters. The Kier molecular flexibility index (Phi) is 2.59. The number of carbonyl (C=O) groups excluding carboxylic acids is 1. The second kappa shape index (κ2) is 3.30. The fraction of sp³-hybridized carbons (Fsp3) is 0.857. The first-order valence-electron chi connectivity index (χ1n) is 3.59. The van der Waals surface area contributed by atoms with E-state index in [4.69, 9.17) is 9.47 Å². The van der Waals surface area contributed by atoms with Gasteiger partial charge in [-0.25, -0.2) is 0 Å². The second-order valence-corrected chi connectivity index (χ2v) is 2.51. The number of piperidine rings is 1. The molecule has 0 aromatic carbocycles. The molecule has 4 nitrogen and oxygen atoms in total. The van der Waals surface area contributed by atoms with Crippen molar-refractivity contribution in [1.29, 1.82) is 0 Å². The topological polar surface area (TPSA) is 47.6 Å². The Bertz CT molecular complexity index is 154. The Labute approximate surface area is 65.9 Å². The van der Waals surface area contributed by atoms with Crippen LogP contribution in [0.2, 0.25) is 0 Å². The molecule has 0 aromatic heterocycles. The van der Waals surface area contributed by atoms with Gasteiger partial charge in [0.1, 0.15) is 0 Å². The zero-order valence-electron chi connectivity index (χ0n) is 6.85. The molecule has 0 radical (unpaired) electrons. The van der Waals surface area contributed by atoms with Crippen LogP contribution in [-0.4, -0.2) is 38.9 Å². The lowest BCUT2D eigenvalue weighted by Crippen LogP contribution is -2.53. The maximum absolute atomic E-state index is 11.3. The molecule has 0 bridgehead atoms. The maximum atomic E-state index is 11.3. The summed E-state index contributed by atoms with van der Waals surface area (Å²) < 4.78 is 10.1. The number of nitrogens with one attached hydrogen (secondary N) is 1. The van der Waals surface area contributed by atoms with Gasteiger partial charge in [-0.15, -0.1) is 0 Å². The van der Waals surface area contributed by atoms with Crippen LogP contribution in [0.15, 0.2) is 0 Å². The Morgan fingerprint density at radius 1 is 1.45 bits per heavy atom. The molecule has 0 amide bonds. The van der Waals surface area contributed by atoms with E-state index in [-0.39, 0.29) is 5.78 Å². The van der Waals surface area contributed by atoms with E-state index in [2.05, 4.69) is 5.32 Å². The average Bonchev–Trinajstić information content (AvgIpc) is 2.06. The van der Waals surface area contributed by atoms with Gasteiger partial charge in [0, 0.05) is 27.2 Å². The van der Waals surface area contributed by atoms with Crippen LogP contribution in [-0.2, 0) is 14.3 Å². The molecule has 1 rings (SSSR count). The van der Waals surface area contributed by atoms with Crippen molar-refractivity contribution >= 4 is 5.78 Å². The molecular formula is C7H13NO3. The van der Waals surface area contributed by atoms with Crippen molar-refractivity contribution in [2.24, 2.45) is 0 Å². The zero-order valence-corrected chi connectivity index (χ0v) is 6.85. The van der Waals surface area contributed by atoms with Gasteiger partial charge in [0.15, 0.2) is 0 Å². The lowest BCUT2D eigenvalue weighted by atomic mass is 10.0. The molecule has 0 saturated carbocycles. The summed E-state index contributed by atoms with van der Waals surface area (Å²) in [7, 11) is 2.99. The van der Waals surface area contributed by atoms with Gasteiger partial charge in [0.05, 0.1) is 6.54 Å². The fourth-order valence-electron chi connectivity index (χ4n) is 1.24. The van der Waals surface area contributed by atoms with Crippen LogP contribution in [0.25, 0.3) is 0 Å². The molecule has 1 heterocycles. The van der Waals surface area contributed by atoms with E-state index in [0.29, 0.717) is 13.0 Å². The Balaban J connectivity index is 2.69. The average molecular weight is 159 g/mol. The van der Waals surface area contributed by atoms with Gasteiger partial charge in [-0.2, -0.15) is 0 Å². The van der Waals surface area contributed by atoms with Gasteiger partial charge < -0.3 is 14.8 Å². The van der Waals surface area contributed by atoms with Crippen molar-refractivity contribution in [2.75, 3.05) is 27.3 Å². The summed E-state index contributed by atoms with van der Waals surface area (Å²) in [4.78, 5) is 11.3. The first-order chi connectivity index (χ1) is 5.25. The van der Waals surface area contributed by atoms with Crippen LogP contribution < -0.4 is 5.32 Å². The molecule has 0 spiro atoms. The largest absolute Gasteiger partial charge is 0.347 e. The molecule has 0 aromatic rings. The lowest BCUT2D eigenvalue weighted by molar-refractivity contribution is -0.212. The van der Waals surface area contributed by atoms with E-state index in [1.165, 1.54) is 14.2 Å².